The van der Waals surface area contributed by atoms with Crippen molar-refractivity contribution in [1.82, 2.24) is 19.9 Å². The molecule has 0 spiro atoms. The number of aromatic nitrogens is 4. The van der Waals surface area contributed by atoms with Gasteiger partial charge < -0.3 is 4.98 Å². The van der Waals surface area contributed by atoms with Crippen molar-refractivity contribution in [3.63, 3.8) is 0 Å². The van der Waals surface area contributed by atoms with Crippen LogP contribution in [0.3, 0.4) is 0 Å². The third kappa shape index (κ3) is 1.28. The number of nitrogens with zero attached hydrogens (tertiary/aromatic N) is 3. The fourth-order valence-electron chi connectivity index (χ4n) is 1.33. The quantitative estimate of drug-likeness (QED) is 0.670. The van der Waals surface area contributed by atoms with Gasteiger partial charge in [-0.2, -0.15) is 0 Å². The van der Waals surface area contributed by atoms with Crippen LogP contribution in [-0.2, 0) is 5.41 Å². The summed E-state index contributed by atoms with van der Waals surface area (Å²) < 4.78 is 0. The van der Waals surface area contributed by atoms with Crippen molar-refractivity contribution >= 4 is 11.2 Å². The van der Waals surface area contributed by atoms with Gasteiger partial charge in [0.1, 0.15) is 11.8 Å². The number of aromatic amines is 1. The number of hydrogen-bond donors (Lipinski definition) is 1. The highest BCUT2D eigenvalue weighted by molar-refractivity contribution is 5.73. The van der Waals surface area contributed by atoms with E-state index < -0.39 is 0 Å². The van der Waals surface area contributed by atoms with Crippen LogP contribution in [0.2, 0.25) is 0 Å². The highest BCUT2D eigenvalue weighted by Crippen LogP contribution is 2.24. The first-order valence-electron chi connectivity index (χ1n) is 4.23. The topological polar surface area (TPSA) is 54.5 Å². The SMILES string of the molecule is CC(C)(C)c1ncnc2nc[nH]c12.[HH]. The largest absolute Gasteiger partial charge is 0.342 e. The first-order chi connectivity index (χ1) is 6.09. The van der Waals surface area contributed by atoms with Crippen molar-refractivity contribution in [2.75, 3.05) is 0 Å². The predicted octanol–water partition coefficient (Wildman–Crippen LogP) is 1.90. The van der Waals surface area contributed by atoms with Gasteiger partial charge in [-0.15, -0.1) is 0 Å². The molecule has 0 radical (unpaired) electrons. The third-order valence-electron chi connectivity index (χ3n) is 1.93. The summed E-state index contributed by atoms with van der Waals surface area (Å²) in [4.78, 5) is 15.5. The van der Waals surface area contributed by atoms with Crippen molar-refractivity contribution in [1.29, 1.82) is 0 Å². The summed E-state index contributed by atoms with van der Waals surface area (Å²) in [5.74, 6) is 0. The van der Waals surface area contributed by atoms with E-state index in [-0.39, 0.29) is 6.84 Å². The lowest BCUT2D eigenvalue weighted by atomic mass is 9.91. The average molecular weight is 178 g/mol. The molecule has 2 aromatic heterocycles. The maximum Gasteiger partial charge on any atom is 0.180 e. The fraction of sp³-hybridized carbons (Fsp3) is 0.444. The van der Waals surface area contributed by atoms with Gasteiger partial charge in [0.15, 0.2) is 5.65 Å². The Balaban J connectivity index is 0.000000980. The Kier molecular flexibility index (Phi) is 1.58. The number of H-pyrrole nitrogens is 1. The Morgan fingerprint density at radius 3 is 2.69 bits per heavy atom. The van der Waals surface area contributed by atoms with Crippen LogP contribution >= 0.6 is 0 Å². The second kappa shape index (κ2) is 2.52. The lowest BCUT2D eigenvalue weighted by Crippen LogP contribution is -2.14. The normalized spacial score (nSPS) is 12.2. The van der Waals surface area contributed by atoms with Gasteiger partial charge >= 0.3 is 0 Å². The molecule has 0 atom stereocenters. The molecule has 0 aliphatic rings. The number of hydrogen-bond acceptors (Lipinski definition) is 3. The second-order valence-corrected chi connectivity index (χ2v) is 4.07. The Morgan fingerprint density at radius 1 is 1.23 bits per heavy atom. The van der Waals surface area contributed by atoms with Gasteiger partial charge in [0.2, 0.25) is 0 Å². The molecule has 70 valence electrons. The molecule has 2 heterocycles. The van der Waals surface area contributed by atoms with Gasteiger partial charge in [0.25, 0.3) is 0 Å². The van der Waals surface area contributed by atoms with Crippen molar-refractivity contribution in [3.8, 4) is 0 Å². The molecular formula is C9H14N4. The molecular weight excluding hydrogens is 164 g/mol. The van der Waals surface area contributed by atoms with E-state index >= 15 is 0 Å². The summed E-state index contributed by atoms with van der Waals surface area (Å²) in [7, 11) is 0. The Labute approximate surface area is 77.9 Å². The van der Waals surface area contributed by atoms with E-state index in [1.807, 2.05) is 0 Å². The van der Waals surface area contributed by atoms with Crippen molar-refractivity contribution in [3.05, 3.63) is 18.3 Å². The highest BCUT2D eigenvalue weighted by atomic mass is 15.0. The molecule has 0 amide bonds. The molecule has 1 N–H and O–H groups in total. The number of fused-ring (bicyclic) bond motifs is 1. The minimum Gasteiger partial charge on any atom is -0.342 e. The van der Waals surface area contributed by atoms with Gasteiger partial charge in [-0.25, -0.2) is 15.0 Å². The molecule has 13 heavy (non-hydrogen) atoms. The first-order valence-corrected chi connectivity index (χ1v) is 4.23. The zero-order valence-corrected chi connectivity index (χ0v) is 8.00. The van der Waals surface area contributed by atoms with Gasteiger partial charge in [-0.05, 0) is 0 Å². The number of imidazole rings is 1. The molecule has 0 fully saturated rings. The van der Waals surface area contributed by atoms with Crippen LogP contribution in [0.5, 0.6) is 0 Å². The van der Waals surface area contributed by atoms with Crippen LogP contribution in [-0.4, -0.2) is 19.9 Å². The van der Waals surface area contributed by atoms with E-state index in [1.165, 1.54) is 0 Å². The average Bonchev–Trinajstić information content (AvgIpc) is 2.48. The molecule has 4 heteroatoms. The highest BCUT2D eigenvalue weighted by Gasteiger charge is 2.19. The third-order valence-corrected chi connectivity index (χ3v) is 1.93. The van der Waals surface area contributed by atoms with E-state index in [9.17, 15) is 0 Å². The van der Waals surface area contributed by atoms with E-state index in [4.69, 9.17) is 0 Å². The van der Waals surface area contributed by atoms with Gasteiger partial charge in [-0.1, -0.05) is 20.8 Å². The summed E-state index contributed by atoms with van der Waals surface area (Å²) >= 11 is 0. The summed E-state index contributed by atoms with van der Waals surface area (Å²) in [5.41, 5.74) is 2.71. The van der Waals surface area contributed by atoms with Gasteiger partial charge in [0.05, 0.1) is 12.0 Å². The molecule has 0 saturated heterocycles. The molecule has 0 aromatic carbocycles. The molecule has 4 nitrogen and oxygen atoms in total. The lowest BCUT2D eigenvalue weighted by Gasteiger charge is -2.17. The summed E-state index contributed by atoms with van der Waals surface area (Å²) in [6, 6.07) is 0. The van der Waals surface area contributed by atoms with Crippen LogP contribution in [0, 0.1) is 0 Å². The minimum atomic E-state index is 0. The molecule has 0 aliphatic heterocycles. The first kappa shape index (κ1) is 8.16. The Hall–Kier alpha value is -1.45. The summed E-state index contributed by atoms with van der Waals surface area (Å²) in [6.45, 7) is 6.36. The van der Waals surface area contributed by atoms with E-state index in [2.05, 4.69) is 40.7 Å². The summed E-state index contributed by atoms with van der Waals surface area (Å²) in [6.07, 6.45) is 3.21. The van der Waals surface area contributed by atoms with E-state index in [1.54, 1.807) is 12.7 Å². The fourth-order valence-corrected chi connectivity index (χ4v) is 1.33. The molecule has 2 rings (SSSR count). The zero-order valence-electron chi connectivity index (χ0n) is 8.00. The Bertz CT molecular complexity index is 430. The van der Waals surface area contributed by atoms with Crippen LogP contribution in [0.1, 0.15) is 27.9 Å². The lowest BCUT2D eigenvalue weighted by molar-refractivity contribution is 0.573. The van der Waals surface area contributed by atoms with Crippen LogP contribution < -0.4 is 0 Å². The van der Waals surface area contributed by atoms with Crippen molar-refractivity contribution in [2.45, 2.75) is 26.2 Å². The van der Waals surface area contributed by atoms with Crippen molar-refractivity contribution in [2.24, 2.45) is 0 Å². The standard InChI is InChI=1S/C9H12N4.H2/c1-9(2,3)7-6-8(12-4-10-6)13-5-11-7;/h4-5H,1-3H3,(H,10,11,12,13);1H. The van der Waals surface area contributed by atoms with Gasteiger partial charge in [0, 0.05) is 6.84 Å². The Morgan fingerprint density at radius 2 is 2.00 bits per heavy atom. The number of nitrogens with one attached hydrogen (secondary N) is 1. The number of rotatable bonds is 0. The van der Waals surface area contributed by atoms with Crippen molar-refractivity contribution < 1.29 is 1.43 Å². The van der Waals surface area contributed by atoms with E-state index in [0.29, 0.717) is 0 Å². The second-order valence-electron chi connectivity index (χ2n) is 4.07. The molecule has 0 saturated carbocycles. The van der Waals surface area contributed by atoms with Gasteiger partial charge in [-0.3, -0.25) is 0 Å². The van der Waals surface area contributed by atoms with Crippen LogP contribution in [0.4, 0.5) is 0 Å². The zero-order chi connectivity index (χ0) is 9.47. The molecule has 0 unspecified atom stereocenters. The predicted molar refractivity (Wildman–Crippen MR) is 52.5 cm³/mol. The summed E-state index contributed by atoms with van der Waals surface area (Å²) in [5, 5.41) is 0. The maximum atomic E-state index is 4.27. The molecule has 0 bridgehead atoms. The van der Waals surface area contributed by atoms with Crippen LogP contribution in [0.15, 0.2) is 12.7 Å². The smallest absolute Gasteiger partial charge is 0.180 e. The minimum absolute atomic E-state index is 0. The molecule has 2 aromatic rings. The van der Waals surface area contributed by atoms with E-state index in [0.717, 1.165) is 16.9 Å². The van der Waals surface area contributed by atoms with Crippen LogP contribution in [0.25, 0.3) is 11.2 Å². The molecule has 0 aliphatic carbocycles. The maximum absolute atomic E-state index is 4.27. The monoisotopic (exact) mass is 178 g/mol.